The van der Waals surface area contributed by atoms with Crippen molar-refractivity contribution in [3.8, 4) is 33.6 Å². The van der Waals surface area contributed by atoms with Crippen LogP contribution in [0.4, 0.5) is 0 Å². The van der Waals surface area contributed by atoms with E-state index in [1.165, 1.54) is 32.2 Å². The fraction of sp³-hybridized carbons (Fsp3) is 0.171. The van der Waals surface area contributed by atoms with Crippen molar-refractivity contribution in [2.45, 2.75) is 45.0 Å². The van der Waals surface area contributed by atoms with Crippen LogP contribution in [-0.4, -0.2) is 23.2 Å². The van der Waals surface area contributed by atoms with E-state index in [9.17, 15) is 0 Å². The van der Waals surface area contributed by atoms with Gasteiger partial charge in [0.1, 0.15) is 5.58 Å². The fourth-order valence-electron chi connectivity index (χ4n) is 5.69. The Morgan fingerprint density at radius 2 is 1.30 bits per heavy atom. The van der Waals surface area contributed by atoms with E-state index in [2.05, 4.69) is 146 Å². The molecule has 0 aliphatic rings. The third-order valence-electron chi connectivity index (χ3n) is 8.13. The average molecular weight is 840 g/mol. The Balaban J connectivity index is 0.000000193. The van der Waals surface area contributed by atoms with E-state index in [0.717, 1.165) is 50.0 Å². The summed E-state index contributed by atoms with van der Waals surface area (Å²) in [6.45, 7) is 8.48. The standard InChI is InChI=1S/C25H18NO.C16H20GeN.Ir/c1-16-3-5-18(6-4-16)19-7-9-21-22-14-20(23-13-17(2)11-12-26-23)8-10-24(22)27-25(21)15-19;1-12-7-6-8-14(9-12)16-10-13(2)15(11-18-16)17(3,4)5;/h3-7,9-15H,1-2H3;6-7,9-11H,1-5H3;/q2*-1;. The quantitative estimate of drug-likeness (QED) is 0.131. The minimum absolute atomic E-state index is 0. The van der Waals surface area contributed by atoms with Gasteiger partial charge in [-0.15, -0.1) is 23.8 Å². The molecule has 0 aliphatic carbocycles. The molecular formula is C41H38GeIrN2O-2. The van der Waals surface area contributed by atoms with Crippen LogP contribution in [0.25, 0.3) is 55.6 Å². The van der Waals surface area contributed by atoms with Crippen LogP contribution >= 0.6 is 0 Å². The first kappa shape index (κ1) is 33.5. The number of hydrogen-bond donors (Lipinski definition) is 0. The van der Waals surface area contributed by atoms with Crippen molar-refractivity contribution in [2.75, 3.05) is 0 Å². The van der Waals surface area contributed by atoms with Crippen LogP contribution in [0.2, 0.25) is 17.3 Å². The van der Waals surface area contributed by atoms with Gasteiger partial charge in [-0.2, -0.15) is 0 Å². The number of rotatable bonds is 4. The van der Waals surface area contributed by atoms with Crippen LogP contribution in [0.3, 0.4) is 0 Å². The average Bonchev–Trinajstić information content (AvgIpc) is 3.38. The normalized spacial score (nSPS) is 11.2. The van der Waals surface area contributed by atoms with Crippen LogP contribution < -0.4 is 4.40 Å². The molecule has 0 saturated heterocycles. The van der Waals surface area contributed by atoms with Gasteiger partial charge in [-0.3, -0.25) is 0 Å². The van der Waals surface area contributed by atoms with Crippen molar-refractivity contribution in [1.29, 1.82) is 0 Å². The summed E-state index contributed by atoms with van der Waals surface area (Å²) in [7, 11) is 0. The Labute approximate surface area is 288 Å². The maximum atomic E-state index is 6.10. The Bertz CT molecular complexity index is 2140. The first-order chi connectivity index (χ1) is 21.5. The Morgan fingerprint density at radius 3 is 2.00 bits per heavy atom. The van der Waals surface area contributed by atoms with E-state index in [0.29, 0.717) is 0 Å². The first-order valence-electron chi connectivity index (χ1n) is 15.4. The van der Waals surface area contributed by atoms with Crippen molar-refractivity contribution in [1.82, 2.24) is 9.97 Å². The number of aryl methyl sites for hydroxylation is 4. The Morgan fingerprint density at radius 1 is 0.609 bits per heavy atom. The zero-order chi connectivity index (χ0) is 31.7. The second-order valence-corrected chi connectivity index (χ2v) is 23.5. The smallest absolute Gasteiger partial charge is 0.121 e. The van der Waals surface area contributed by atoms with Gasteiger partial charge >= 0.3 is 113 Å². The van der Waals surface area contributed by atoms with Crippen LogP contribution in [0.1, 0.15) is 22.3 Å². The second kappa shape index (κ2) is 13.9. The van der Waals surface area contributed by atoms with Gasteiger partial charge in [-0.1, -0.05) is 59.0 Å². The van der Waals surface area contributed by atoms with E-state index in [4.69, 9.17) is 4.42 Å². The molecule has 0 saturated carbocycles. The molecule has 0 spiro atoms. The van der Waals surface area contributed by atoms with E-state index < -0.39 is 13.3 Å². The van der Waals surface area contributed by atoms with Gasteiger partial charge in [0.2, 0.25) is 0 Å². The predicted molar refractivity (Wildman–Crippen MR) is 192 cm³/mol. The maximum Gasteiger partial charge on any atom is 0.121 e. The second-order valence-electron chi connectivity index (χ2n) is 12.9. The molecule has 3 nitrogen and oxygen atoms in total. The molecule has 0 amide bonds. The number of aromatic nitrogens is 2. The van der Waals surface area contributed by atoms with Crippen molar-refractivity contribution in [3.05, 3.63) is 138 Å². The van der Waals surface area contributed by atoms with Crippen LogP contribution in [0.15, 0.2) is 108 Å². The topological polar surface area (TPSA) is 38.9 Å². The van der Waals surface area contributed by atoms with Crippen molar-refractivity contribution < 1.29 is 24.5 Å². The van der Waals surface area contributed by atoms with Crippen molar-refractivity contribution in [2.24, 2.45) is 0 Å². The largest absolute Gasteiger partial charge is 0.500 e. The summed E-state index contributed by atoms with van der Waals surface area (Å²) >= 11 is -1.79. The SMILES string of the molecule is Cc1cc[c-]c(-c2cc(C)[c]([Ge]([CH3])([CH3])[CH3])cn2)c1.Cc1ccc(-c2ccc3c(c2)oc2c[c-]c(-c4cc(C)ccn4)cc23)cc1.[Ir]. The molecule has 0 aliphatic heterocycles. The zero-order valence-corrected chi connectivity index (χ0v) is 31.9. The molecule has 7 rings (SSSR count). The number of hydrogen-bond acceptors (Lipinski definition) is 3. The van der Waals surface area contributed by atoms with Crippen LogP contribution in [0.5, 0.6) is 0 Å². The maximum absolute atomic E-state index is 6.10. The molecule has 7 aromatic rings. The van der Waals surface area contributed by atoms with Crippen molar-refractivity contribution >= 4 is 39.6 Å². The third kappa shape index (κ3) is 7.42. The zero-order valence-electron chi connectivity index (χ0n) is 27.5. The van der Waals surface area contributed by atoms with E-state index in [1.807, 2.05) is 24.4 Å². The molecule has 5 heteroatoms. The number of fused-ring (bicyclic) bond motifs is 3. The molecule has 1 radical (unpaired) electrons. The molecule has 0 unspecified atom stereocenters. The first-order valence-corrected chi connectivity index (χ1v) is 22.7. The monoisotopic (exact) mass is 841 g/mol. The summed E-state index contributed by atoms with van der Waals surface area (Å²) in [5, 5.41) is 2.21. The summed E-state index contributed by atoms with van der Waals surface area (Å²) < 4.78 is 7.59. The molecule has 4 aromatic carbocycles. The molecule has 0 N–H and O–H groups in total. The molecule has 0 atom stereocenters. The van der Waals surface area contributed by atoms with Crippen LogP contribution in [-0.2, 0) is 20.1 Å². The van der Waals surface area contributed by atoms with E-state index >= 15 is 0 Å². The Kier molecular flexibility index (Phi) is 10.1. The summed E-state index contributed by atoms with van der Waals surface area (Å²) in [5.74, 6) is 7.22. The van der Waals surface area contributed by atoms with Gasteiger partial charge in [0.15, 0.2) is 0 Å². The van der Waals surface area contributed by atoms with Crippen molar-refractivity contribution in [3.63, 3.8) is 0 Å². The third-order valence-corrected chi connectivity index (χ3v) is 12.6. The number of nitrogens with zero attached hydrogens (tertiary/aromatic N) is 2. The van der Waals surface area contributed by atoms with Gasteiger partial charge in [-0.05, 0) is 42.8 Å². The van der Waals surface area contributed by atoms with Gasteiger partial charge in [0, 0.05) is 31.7 Å². The molecule has 3 aromatic heterocycles. The predicted octanol–water partition coefficient (Wildman–Crippen LogP) is 10.4. The summed E-state index contributed by atoms with van der Waals surface area (Å²) in [6, 6.07) is 38.0. The minimum Gasteiger partial charge on any atom is -0.500 e. The van der Waals surface area contributed by atoms with E-state index in [-0.39, 0.29) is 20.1 Å². The molecular weight excluding hydrogens is 801 g/mol. The number of benzene rings is 4. The van der Waals surface area contributed by atoms with E-state index in [1.54, 1.807) is 0 Å². The van der Waals surface area contributed by atoms with Gasteiger partial charge in [-0.25, -0.2) is 0 Å². The van der Waals surface area contributed by atoms with Gasteiger partial charge in [0.05, 0.1) is 5.58 Å². The Hall–Kier alpha value is -3.83. The van der Waals surface area contributed by atoms with Crippen LogP contribution in [0, 0.1) is 39.8 Å². The molecule has 46 heavy (non-hydrogen) atoms. The summed E-state index contributed by atoms with van der Waals surface area (Å²) in [4.78, 5) is 9.11. The number of pyridine rings is 2. The summed E-state index contributed by atoms with van der Waals surface area (Å²) in [5.41, 5.74) is 13.2. The van der Waals surface area contributed by atoms with Gasteiger partial charge < -0.3 is 9.40 Å². The minimum atomic E-state index is -1.79. The molecule has 0 bridgehead atoms. The number of furan rings is 1. The molecule has 0 fully saturated rings. The molecule has 233 valence electrons. The van der Waals surface area contributed by atoms with Gasteiger partial charge in [0.25, 0.3) is 0 Å². The molecule has 3 heterocycles. The summed E-state index contributed by atoms with van der Waals surface area (Å²) in [6.07, 6.45) is 3.92. The fourth-order valence-corrected chi connectivity index (χ4v) is 9.28.